The number of para-hydroxylation sites is 1. The fraction of sp³-hybridized carbons (Fsp3) is 0.133. The highest BCUT2D eigenvalue weighted by Crippen LogP contribution is 2.13. The fourth-order valence-corrected chi connectivity index (χ4v) is 1.99. The second-order valence-electron chi connectivity index (χ2n) is 4.61. The molecule has 0 aliphatic carbocycles. The van der Waals surface area contributed by atoms with E-state index >= 15 is 0 Å². The summed E-state index contributed by atoms with van der Waals surface area (Å²) in [5, 5.41) is 11.0. The second-order valence-corrected chi connectivity index (χ2v) is 4.61. The van der Waals surface area contributed by atoms with Crippen molar-refractivity contribution in [3.05, 3.63) is 59.4 Å². The molecule has 0 aliphatic rings. The van der Waals surface area contributed by atoms with Crippen molar-refractivity contribution in [1.82, 2.24) is 15.2 Å². The van der Waals surface area contributed by atoms with Gasteiger partial charge in [0.25, 0.3) is 0 Å². The topological polar surface area (TPSA) is 76.7 Å². The highest BCUT2D eigenvalue weighted by Gasteiger charge is 2.05. The van der Waals surface area contributed by atoms with Crippen LogP contribution in [0.25, 0.3) is 11.0 Å². The van der Waals surface area contributed by atoms with E-state index in [1.54, 1.807) is 12.1 Å². The van der Waals surface area contributed by atoms with Gasteiger partial charge < -0.3 is 11.1 Å². The van der Waals surface area contributed by atoms with Crippen molar-refractivity contribution in [2.45, 2.75) is 13.1 Å². The van der Waals surface area contributed by atoms with Crippen LogP contribution in [0.3, 0.4) is 0 Å². The number of nitrogens with one attached hydrogen (secondary N) is 1. The fourth-order valence-electron chi connectivity index (χ4n) is 1.99. The van der Waals surface area contributed by atoms with Crippen LogP contribution in [0, 0.1) is 5.82 Å². The third-order valence-electron chi connectivity index (χ3n) is 3.15. The van der Waals surface area contributed by atoms with E-state index in [1.165, 1.54) is 6.07 Å². The van der Waals surface area contributed by atoms with Crippen molar-refractivity contribution in [3.8, 4) is 0 Å². The largest absolute Gasteiger partial charge is 0.349 e. The van der Waals surface area contributed by atoms with Crippen molar-refractivity contribution in [3.63, 3.8) is 0 Å². The summed E-state index contributed by atoms with van der Waals surface area (Å²) in [5.41, 5.74) is 8.24. The number of hydrogen-bond acceptors (Lipinski definition) is 5. The Morgan fingerprint density at radius 2 is 1.86 bits per heavy atom. The molecule has 0 fully saturated rings. The van der Waals surface area contributed by atoms with Crippen LogP contribution in [-0.4, -0.2) is 15.2 Å². The summed E-state index contributed by atoms with van der Waals surface area (Å²) < 4.78 is 13.8. The lowest BCUT2D eigenvalue weighted by molar-refractivity contribution is 0.610. The number of halogens is 1. The number of fused-ring (bicyclic) bond motifs is 1. The maximum atomic E-state index is 13.8. The predicted molar refractivity (Wildman–Crippen MR) is 79.0 cm³/mol. The Labute approximate surface area is 121 Å². The Morgan fingerprint density at radius 1 is 1.05 bits per heavy atom. The summed E-state index contributed by atoms with van der Waals surface area (Å²) in [4.78, 5) is 4.33. The van der Waals surface area contributed by atoms with Crippen molar-refractivity contribution >= 4 is 17.0 Å². The molecule has 106 valence electrons. The van der Waals surface area contributed by atoms with Crippen LogP contribution >= 0.6 is 0 Å². The summed E-state index contributed by atoms with van der Waals surface area (Å²) in [6.45, 7) is 0.610. The Hall–Kier alpha value is -2.60. The average molecular weight is 283 g/mol. The maximum Gasteiger partial charge on any atom is 0.243 e. The maximum absolute atomic E-state index is 13.8. The van der Waals surface area contributed by atoms with Gasteiger partial charge in [-0.25, -0.2) is 9.37 Å². The Balaban J connectivity index is 1.77. The second kappa shape index (κ2) is 5.80. The Morgan fingerprint density at radius 3 is 2.62 bits per heavy atom. The van der Waals surface area contributed by atoms with Gasteiger partial charge in [0.15, 0.2) is 0 Å². The molecular formula is C15H14FN5. The molecule has 3 aromatic rings. The normalized spacial score (nSPS) is 10.8. The van der Waals surface area contributed by atoms with E-state index in [1.807, 2.05) is 24.3 Å². The first-order valence-corrected chi connectivity index (χ1v) is 6.57. The van der Waals surface area contributed by atoms with Crippen LogP contribution in [0.4, 0.5) is 10.3 Å². The zero-order chi connectivity index (χ0) is 14.7. The van der Waals surface area contributed by atoms with Gasteiger partial charge in [-0.1, -0.05) is 24.3 Å². The molecule has 0 bridgehead atoms. The minimum atomic E-state index is -0.292. The molecule has 0 aliphatic heterocycles. The van der Waals surface area contributed by atoms with E-state index < -0.39 is 0 Å². The van der Waals surface area contributed by atoms with Crippen molar-refractivity contribution in [2.75, 3.05) is 5.32 Å². The summed E-state index contributed by atoms with van der Waals surface area (Å²) in [6, 6.07) is 12.4. The minimum absolute atomic E-state index is 0.288. The first kappa shape index (κ1) is 13.4. The van der Waals surface area contributed by atoms with Crippen molar-refractivity contribution in [2.24, 2.45) is 5.73 Å². The molecule has 0 amide bonds. The van der Waals surface area contributed by atoms with E-state index in [0.717, 1.165) is 16.6 Å². The van der Waals surface area contributed by atoms with Crippen molar-refractivity contribution < 1.29 is 4.39 Å². The van der Waals surface area contributed by atoms with Crippen LogP contribution in [0.5, 0.6) is 0 Å². The van der Waals surface area contributed by atoms with E-state index in [0.29, 0.717) is 18.1 Å². The standard InChI is InChI=1S/C15H14FN5/c16-12-7-10(8-17)5-6-11(12)9-18-15-19-13-3-1-2-4-14(13)20-21-15/h1-7H,8-9,17H2,(H,18,19,21). The van der Waals surface area contributed by atoms with Gasteiger partial charge in [-0.05, 0) is 23.8 Å². The molecule has 21 heavy (non-hydrogen) atoms. The molecule has 5 nitrogen and oxygen atoms in total. The number of nitrogens with two attached hydrogens (primary N) is 1. The highest BCUT2D eigenvalue weighted by molar-refractivity contribution is 5.74. The molecule has 0 atom stereocenters. The highest BCUT2D eigenvalue weighted by atomic mass is 19.1. The summed E-state index contributed by atoms with van der Waals surface area (Å²) in [5.74, 6) is 0.0789. The summed E-state index contributed by atoms with van der Waals surface area (Å²) >= 11 is 0. The van der Waals surface area contributed by atoms with E-state index in [2.05, 4.69) is 20.5 Å². The monoisotopic (exact) mass is 283 g/mol. The predicted octanol–water partition coefficient (Wildman–Crippen LogP) is 2.23. The summed E-state index contributed by atoms with van der Waals surface area (Å²) in [6.07, 6.45) is 0. The molecule has 0 saturated heterocycles. The van der Waals surface area contributed by atoms with E-state index in [9.17, 15) is 4.39 Å². The number of anilines is 1. The number of benzene rings is 2. The third kappa shape index (κ3) is 2.95. The molecule has 3 rings (SSSR count). The molecule has 0 spiro atoms. The number of aromatic nitrogens is 3. The molecule has 1 heterocycles. The number of rotatable bonds is 4. The van der Waals surface area contributed by atoms with Crippen LogP contribution in [0.1, 0.15) is 11.1 Å². The molecule has 0 unspecified atom stereocenters. The molecule has 6 heteroatoms. The molecule has 1 aromatic heterocycles. The van der Waals surface area contributed by atoms with Gasteiger partial charge in [0.05, 0.1) is 5.52 Å². The molecule has 3 N–H and O–H groups in total. The van der Waals surface area contributed by atoms with E-state index in [-0.39, 0.29) is 12.4 Å². The lowest BCUT2D eigenvalue weighted by Gasteiger charge is -2.07. The molecular weight excluding hydrogens is 269 g/mol. The minimum Gasteiger partial charge on any atom is -0.349 e. The molecule has 0 saturated carbocycles. The molecule has 2 aromatic carbocycles. The summed E-state index contributed by atoms with van der Waals surface area (Å²) in [7, 11) is 0. The lowest BCUT2D eigenvalue weighted by atomic mass is 10.1. The van der Waals surface area contributed by atoms with Crippen LogP contribution in [0.2, 0.25) is 0 Å². The van der Waals surface area contributed by atoms with Crippen LogP contribution in [-0.2, 0) is 13.1 Å². The SMILES string of the molecule is NCc1ccc(CNc2nnc3ccccc3n2)c(F)c1. The number of hydrogen-bond donors (Lipinski definition) is 2. The van der Waals surface area contributed by atoms with Gasteiger partial charge in [-0.2, -0.15) is 0 Å². The smallest absolute Gasteiger partial charge is 0.243 e. The van der Waals surface area contributed by atoms with Crippen LogP contribution < -0.4 is 11.1 Å². The van der Waals surface area contributed by atoms with E-state index in [4.69, 9.17) is 5.73 Å². The van der Waals surface area contributed by atoms with Gasteiger partial charge in [0.2, 0.25) is 5.95 Å². The Bertz CT molecular complexity index is 775. The van der Waals surface area contributed by atoms with Gasteiger partial charge >= 0.3 is 0 Å². The first-order chi connectivity index (χ1) is 10.3. The lowest BCUT2D eigenvalue weighted by Crippen LogP contribution is -2.07. The van der Waals surface area contributed by atoms with Gasteiger partial charge in [0.1, 0.15) is 11.3 Å². The first-order valence-electron chi connectivity index (χ1n) is 6.57. The zero-order valence-corrected chi connectivity index (χ0v) is 11.3. The average Bonchev–Trinajstić information content (AvgIpc) is 2.53. The van der Waals surface area contributed by atoms with Gasteiger partial charge in [-0.15, -0.1) is 10.2 Å². The Kier molecular flexibility index (Phi) is 3.70. The quantitative estimate of drug-likeness (QED) is 0.768. The van der Waals surface area contributed by atoms with Gasteiger partial charge in [-0.3, -0.25) is 0 Å². The number of nitrogens with zero attached hydrogens (tertiary/aromatic N) is 3. The molecule has 0 radical (unpaired) electrons. The van der Waals surface area contributed by atoms with Crippen LogP contribution in [0.15, 0.2) is 42.5 Å². The van der Waals surface area contributed by atoms with Gasteiger partial charge in [0, 0.05) is 18.7 Å². The zero-order valence-electron chi connectivity index (χ0n) is 11.3. The third-order valence-corrected chi connectivity index (χ3v) is 3.15. The van der Waals surface area contributed by atoms with Crippen molar-refractivity contribution in [1.29, 1.82) is 0 Å².